The lowest BCUT2D eigenvalue weighted by atomic mass is 10.0. The molecule has 0 radical (unpaired) electrons. The predicted molar refractivity (Wildman–Crippen MR) is 92.1 cm³/mol. The van der Waals surface area contributed by atoms with E-state index in [4.69, 9.17) is 4.74 Å². The molecule has 0 atom stereocenters. The van der Waals surface area contributed by atoms with Crippen molar-refractivity contribution in [1.82, 2.24) is 15.2 Å². The van der Waals surface area contributed by atoms with Gasteiger partial charge in [-0.05, 0) is 32.8 Å². The number of aromatic nitrogens is 1. The fraction of sp³-hybridized carbons (Fsp3) is 0.444. The quantitative estimate of drug-likeness (QED) is 0.896. The number of fused-ring (bicyclic) bond motifs is 1. The number of halogens is 1. The lowest BCUT2D eigenvalue weighted by molar-refractivity contribution is 0.0861. The zero-order valence-corrected chi connectivity index (χ0v) is 14.4. The average molecular weight is 347 g/mol. The Kier molecular flexibility index (Phi) is 4.92. The van der Waals surface area contributed by atoms with Gasteiger partial charge in [0, 0.05) is 30.2 Å². The largest absolute Gasteiger partial charge is 0.450 e. The first-order valence-corrected chi connectivity index (χ1v) is 8.50. The number of hydrogen-bond acceptors (Lipinski definition) is 3. The molecule has 0 aliphatic carbocycles. The maximum absolute atomic E-state index is 13.9. The van der Waals surface area contributed by atoms with Gasteiger partial charge in [-0.15, -0.1) is 0 Å². The molecule has 1 fully saturated rings. The van der Waals surface area contributed by atoms with Crippen molar-refractivity contribution in [2.45, 2.75) is 32.7 Å². The van der Waals surface area contributed by atoms with E-state index >= 15 is 0 Å². The second-order valence-corrected chi connectivity index (χ2v) is 6.22. The van der Waals surface area contributed by atoms with E-state index in [1.807, 2.05) is 0 Å². The van der Waals surface area contributed by atoms with E-state index in [2.05, 4.69) is 10.3 Å². The molecule has 2 N–H and O–H groups in total. The Labute approximate surface area is 145 Å². The highest BCUT2D eigenvalue weighted by Gasteiger charge is 2.26. The number of piperidine rings is 1. The number of carbonyl (C=O) groups is 2. The van der Waals surface area contributed by atoms with Crippen LogP contribution in [0.25, 0.3) is 10.9 Å². The Hall–Kier alpha value is -2.57. The summed E-state index contributed by atoms with van der Waals surface area (Å²) in [7, 11) is 0. The third-order valence-electron chi connectivity index (χ3n) is 4.55. The molecule has 2 aromatic rings. The van der Waals surface area contributed by atoms with Crippen molar-refractivity contribution in [3.63, 3.8) is 0 Å². The van der Waals surface area contributed by atoms with Gasteiger partial charge in [0.1, 0.15) is 5.82 Å². The van der Waals surface area contributed by atoms with E-state index in [9.17, 15) is 14.0 Å². The molecule has 0 unspecified atom stereocenters. The summed E-state index contributed by atoms with van der Waals surface area (Å²) < 4.78 is 18.9. The average Bonchev–Trinajstić information content (AvgIpc) is 2.93. The molecule has 1 aromatic carbocycles. The number of hydrogen-bond donors (Lipinski definition) is 2. The maximum Gasteiger partial charge on any atom is 0.409 e. The number of carbonyl (C=O) groups excluding carboxylic acids is 2. The van der Waals surface area contributed by atoms with Crippen molar-refractivity contribution in [3.8, 4) is 0 Å². The van der Waals surface area contributed by atoms with Gasteiger partial charge in [0.15, 0.2) is 0 Å². The van der Waals surface area contributed by atoms with E-state index in [1.165, 1.54) is 6.07 Å². The van der Waals surface area contributed by atoms with Gasteiger partial charge in [0.2, 0.25) is 0 Å². The van der Waals surface area contributed by atoms with Crippen LogP contribution in [0.4, 0.5) is 9.18 Å². The van der Waals surface area contributed by atoms with Crippen molar-refractivity contribution in [3.05, 3.63) is 35.3 Å². The number of aryl methyl sites for hydroxylation is 1. The number of nitrogens with one attached hydrogen (secondary N) is 2. The maximum atomic E-state index is 13.9. The highest BCUT2D eigenvalue weighted by Crippen LogP contribution is 2.24. The Bertz CT molecular complexity index is 794. The van der Waals surface area contributed by atoms with Crippen molar-refractivity contribution in [2.24, 2.45) is 0 Å². The second-order valence-electron chi connectivity index (χ2n) is 6.22. The van der Waals surface area contributed by atoms with Gasteiger partial charge in [0.25, 0.3) is 5.91 Å². The van der Waals surface area contributed by atoms with Crippen LogP contribution in [0, 0.1) is 12.7 Å². The van der Waals surface area contributed by atoms with E-state index < -0.39 is 0 Å². The van der Waals surface area contributed by atoms with Gasteiger partial charge in [0.05, 0.1) is 17.7 Å². The molecule has 134 valence electrons. The number of nitrogens with zero attached hydrogens (tertiary/aromatic N) is 1. The molecule has 0 spiro atoms. The second kappa shape index (κ2) is 7.13. The molecule has 1 aromatic heterocycles. The summed E-state index contributed by atoms with van der Waals surface area (Å²) >= 11 is 0. The first-order chi connectivity index (χ1) is 12.0. The lowest BCUT2D eigenvalue weighted by Gasteiger charge is -2.31. The molecular formula is C18H22FN3O3. The number of rotatable bonds is 3. The molecule has 2 amide bonds. The molecule has 3 rings (SSSR count). The molecule has 0 saturated carbocycles. The van der Waals surface area contributed by atoms with Crippen LogP contribution < -0.4 is 5.32 Å². The minimum Gasteiger partial charge on any atom is -0.450 e. The third-order valence-corrected chi connectivity index (χ3v) is 4.55. The summed E-state index contributed by atoms with van der Waals surface area (Å²) in [5, 5.41) is 3.59. The zero-order chi connectivity index (χ0) is 18.0. The van der Waals surface area contributed by atoms with Crippen LogP contribution in [0.3, 0.4) is 0 Å². The van der Waals surface area contributed by atoms with Crippen LogP contribution in [0.1, 0.15) is 35.8 Å². The Morgan fingerprint density at radius 2 is 2.08 bits per heavy atom. The molecule has 1 aliphatic heterocycles. The minimum atomic E-state index is -0.373. The highest BCUT2D eigenvalue weighted by molar-refractivity contribution is 6.08. The van der Waals surface area contributed by atoms with Gasteiger partial charge < -0.3 is 19.9 Å². The van der Waals surface area contributed by atoms with Gasteiger partial charge in [-0.1, -0.05) is 12.1 Å². The smallest absolute Gasteiger partial charge is 0.409 e. The minimum absolute atomic E-state index is 0.0175. The van der Waals surface area contributed by atoms with Crippen LogP contribution >= 0.6 is 0 Å². The van der Waals surface area contributed by atoms with Gasteiger partial charge in [-0.2, -0.15) is 0 Å². The van der Waals surface area contributed by atoms with Gasteiger partial charge >= 0.3 is 6.09 Å². The van der Waals surface area contributed by atoms with E-state index in [0.29, 0.717) is 54.7 Å². The molecule has 0 bridgehead atoms. The number of H-pyrrole nitrogens is 1. The topological polar surface area (TPSA) is 74.4 Å². The predicted octanol–water partition coefficient (Wildman–Crippen LogP) is 2.97. The van der Waals surface area contributed by atoms with E-state index in [-0.39, 0.29) is 23.9 Å². The van der Waals surface area contributed by atoms with E-state index in [0.717, 1.165) is 0 Å². The van der Waals surface area contributed by atoms with Crippen LogP contribution in [-0.2, 0) is 4.74 Å². The van der Waals surface area contributed by atoms with Crippen LogP contribution in [0.5, 0.6) is 0 Å². The highest BCUT2D eigenvalue weighted by atomic mass is 19.1. The molecular weight excluding hydrogens is 325 g/mol. The Balaban J connectivity index is 1.67. The number of benzene rings is 1. The fourth-order valence-electron chi connectivity index (χ4n) is 3.28. The summed E-state index contributed by atoms with van der Waals surface area (Å²) in [5.41, 5.74) is 1.46. The van der Waals surface area contributed by atoms with Gasteiger partial charge in [-0.25, -0.2) is 9.18 Å². The van der Waals surface area contributed by atoms with Crippen LogP contribution in [-0.4, -0.2) is 47.6 Å². The van der Waals surface area contributed by atoms with Crippen molar-refractivity contribution in [2.75, 3.05) is 19.7 Å². The van der Waals surface area contributed by atoms with Crippen molar-refractivity contribution >= 4 is 22.9 Å². The first kappa shape index (κ1) is 17.3. The number of likely N-dealkylation sites (tertiary alicyclic amines) is 1. The Morgan fingerprint density at radius 3 is 2.76 bits per heavy atom. The third kappa shape index (κ3) is 3.45. The summed E-state index contributed by atoms with van der Waals surface area (Å²) in [6, 6.07) is 4.68. The standard InChI is InChI=1S/C18H22FN3O3/c1-3-25-18(24)22-9-7-12(8-10-22)21-17(23)15-11(2)20-16-13(15)5-4-6-14(16)19/h4-6,12,20H,3,7-10H2,1-2H3,(H,21,23). The molecule has 7 heteroatoms. The summed E-state index contributed by atoms with van der Waals surface area (Å²) in [4.78, 5) is 29.0. The van der Waals surface area contributed by atoms with Crippen molar-refractivity contribution < 1.29 is 18.7 Å². The summed E-state index contributed by atoms with van der Waals surface area (Å²) in [6.07, 6.45) is 1.02. The number of amides is 2. The fourth-order valence-corrected chi connectivity index (χ4v) is 3.28. The molecule has 25 heavy (non-hydrogen) atoms. The van der Waals surface area contributed by atoms with Crippen molar-refractivity contribution in [1.29, 1.82) is 0 Å². The molecule has 1 saturated heterocycles. The number of ether oxygens (including phenoxy) is 1. The zero-order valence-electron chi connectivity index (χ0n) is 14.4. The molecule has 6 nitrogen and oxygen atoms in total. The monoisotopic (exact) mass is 347 g/mol. The van der Waals surface area contributed by atoms with Crippen LogP contribution in [0.2, 0.25) is 0 Å². The van der Waals surface area contributed by atoms with Crippen LogP contribution in [0.15, 0.2) is 18.2 Å². The SMILES string of the molecule is CCOC(=O)N1CCC(NC(=O)c2c(C)[nH]c3c(F)cccc23)CC1. The molecule has 2 heterocycles. The summed E-state index contributed by atoms with van der Waals surface area (Å²) in [6.45, 7) is 4.98. The number of aromatic amines is 1. The Morgan fingerprint density at radius 1 is 1.36 bits per heavy atom. The first-order valence-electron chi connectivity index (χ1n) is 8.50. The van der Waals surface area contributed by atoms with E-state index in [1.54, 1.807) is 30.9 Å². The lowest BCUT2D eigenvalue weighted by Crippen LogP contribution is -2.46. The van der Waals surface area contributed by atoms with Gasteiger partial charge in [-0.3, -0.25) is 4.79 Å². The number of para-hydroxylation sites is 1. The summed E-state index contributed by atoms with van der Waals surface area (Å²) in [5.74, 6) is -0.591. The molecule has 1 aliphatic rings. The normalized spacial score (nSPS) is 15.4.